The number of aryl methyl sites for hydroxylation is 1. The number of aromatic nitrogens is 1. The van der Waals surface area contributed by atoms with Gasteiger partial charge in [0.25, 0.3) is 0 Å². The second-order valence-electron chi connectivity index (χ2n) is 3.80. The molecule has 0 spiro atoms. The zero-order valence-electron chi connectivity index (χ0n) is 9.58. The van der Waals surface area contributed by atoms with Crippen molar-refractivity contribution >= 4 is 11.3 Å². The number of nitriles is 1. The second-order valence-corrected chi connectivity index (χ2v) is 4.88. The van der Waals surface area contributed by atoms with Crippen LogP contribution < -0.4 is 0 Å². The molecule has 15 heavy (non-hydrogen) atoms. The van der Waals surface area contributed by atoms with Crippen LogP contribution >= 0.6 is 11.3 Å². The molecule has 0 bridgehead atoms. The fraction of sp³-hybridized carbons (Fsp3) is 0.636. The lowest BCUT2D eigenvalue weighted by molar-refractivity contribution is 0.413. The molecule has 0 saturated heterocycles. The van der Waals surface area contributed by atoms with Crippen LogP contribution in [0.1, 0.15) is 28.9 Å². The minimum atomic E-state index is 0.797. The molecular weight excluding hydrogens is 206 g/mol. The predicted molar refractivity (Wildman–Crippen MR) is 63.1 cm³/mol. The van der Waals surface area contributed by atoms with Gasteiger partial charge in [-0.1, -0.05) is 13.3 Å². The lowest BCUT2D eigenvalue weighted by Gasteiger charge is -2.06. The maximum Gasteiger partial charge on any atom is 0.128 e. The highest BCUT2D eigenvalue weighted by Crippen LogP contribution is 2.19. The average molecular weight is 223 g/mol. The van der Waals surface area contributed by atoms with Gasteiger partial charge in [0.05, 0.1) is 10.7 Å². The summed E-state index contributed by atoms with van der Waals surface area (Å²) in [5, 5.41) is 10.0. The monoisotopic (exact) mass is 223 g/mol. The average Bonchev–Trinajstić information content (AvgIpc) is 2.58. The molecule has 1 aromatic rings. The molecule has 1 aromatic heterocycles. The Morgan fingerprint density at radius 1 is 1.40 bits per heavy atom. The van der Waals surface area contributed by atoms with Gasteiger partial charge in [-0.3, -0.25) is 0 Å². The number of likely N-dealkylation sites (N-methyl/N-ethyl adjacent to an activating group) is 1. The Bertz CT molecular complexity index is 349. The van der Waals surface area contributed by atoms with Crippen molar-refractivity contribution in [3.63, 3.8) is 0 Å². The van der Waals surface area contributed by atoms with Crippen LogP contribution in [0, 0.1) is 11.3 Å². The van der Waals surface area contributed by atoms with Gasteiger partial charge in [0, 0.05) is 13.0 Å². The first kappa shape index (κ1) is 12.2. The van der Waals surface area contributed by atoms with Gasteiger partial charge in [-0.05, 0) is 20.5 Å². The molecule has 0 aliphatic rings. The maximum atomic E-state index is 8.95. The molecule has 0 aliphatic carbocycles. The van der Waals surface area contributed by atoms with E-state index in [9.17, 15) is 0 Å². The Kier molecular flexibility index (Phi) is 4.73. The standard InChI is InChI=1S/C11H17N3S/c1-4-5-9-10(8-12)15-11(13-9)6-7-14(2)3/h4-7H2,1-3H3. The van der Waals surface area contributed by atoms with Crippen molar-refractivity contribution in [1.82, 2.24) is 9.88 Å². The van der Waals surface area contributed by atoms with Crippen molar-refractivity contribution in [2.45, 2.75) is 26.2 Å². The van der Waals surface area contributed by atoms with E-state index in [1.807, 2.05) is 14.1 Å². The van der Waals surface area contributed by atoms with Crippen molar-refractivity contribution in [2.24, 2.45) is 0 Å². The quantitative estimate of drug-likeness (QED) is 0.767. The minimum Gasteiger partial charge on any atom is -0.309 e. The Balaban J connectivity index is 2.70. The Hall–Kier alpha value is -0.920. The first-order valence-corrected chi connectivity index (χ1v) is 6.02. The van der Waals surface area contributed by atoms with Crippen LogP contribution in [0.3, 0.4) is 0 Å². The van der Waals surface area contributed by atoms with Gasteiger partial charge >= 0.3 is 0 Å². The molecule has 0 fully saturated rings. The van der Waals surface area contributed by atoms with Crippen LogP contribution in [0.2, 0.25) is 0 Å². The van der Waals surface area contributed by atoms with E-state index in [4.69, 9.17) is 5.26 Å². The normalized spacial score (nSPS) is 10.6. The Morgan fingerprint density at radius 3 is 2.67 bits per heavy atom. The third-order valence-corrected chi connectivity index (χ3v) is 3.16. The first-order chi connectivity index (χ1) is 7.17. The van der Waals surface area contributed by atoms with Crippen molar-refractivity contribution < 1.29 is 0 Å². The van der Waals surface area contributed by atoms with Gasteiger partial charge in [0.1, 0.15) is 10.9 Å². The van der Waals surface area contributed by atoms with Gasteiger partial charge in [0.2, 0.25) is 0 Å². The summed E-state index contributed by atoms with van der Waals surface area (Å²) in [6.07, 6.45) is 2.91. The predicted octanol–water partition coefficient (Wildman–Crippen LogP) is 2.07. The van der Waals surface area contributed by atoms with E-state index in [1.165, 1.54) is 0 Å². The summed E-state index contributed by atoms with van der Waals surface area (Å²) in [6, 6.07) is 2.23. The van der Waals surface area contributed by atoms with E-state index >= 15 is 0 Å². The van der Waals surface area contributed by atoms with E-state index < -0.39 is 0 Å². The van der Waals surface area contributed by atoms with Crippen LogP contribution in [0.4, 0.5) is 0 Å². The summed E-state index contributed by atoms with van der Waals surface area (Å²) < 4.78 is 0. The molecule has 1 rings (SSSR count). The highest BCUT2D eigenvalue weighted by molar-refractivity contribution is 7.12. The lowest BCUT2D eigenvalue weighted by atomic mass is 10.2. The molecule has 0 aliphatic heterocycles. The zero-order valence-corrected chi connectivity index (χ0v) is 10.4. The molecule has 0 atom stereocenters. The molecule has 0 saturated carbocycles. The molecule has 3 nitrogen and oxygen atoms in total. The molecule has 4 heteroatoms. The molecule has 0 aromatic carbocycles. The van der Waals surface area contributed by atoms with E-state index in [2.05, 4.69) is 22.9 Å². The SMILES string of the molecule is CCCc1nc(CCN(C)C)sc1C#N. The third kappa shape index (κ3) is 3.61. The summed E-state index contributed by atoms with van der Waals surface area (Å²) in [6.45, 7) is 3.10. The van der Waals surface area contributed by atoms with E-state index in [0.29, 0.717) is 0 Å². The topological polar surface area (TPSA) is 39.9 Å². The van der Waals surface area contributed by atoms with Crippen LogP contribution in [-0.4, -0.2) is 30.5 Å². The molecule has 0 N–H and O–H groups in total. The summed E-state index contributed by atoms with van der Waals surface area (Å²) in [5.41, 5.74) is 0.985. The van der Waals surface area contributed by atoms with Crippen LogP contribution in [0.5, 0.6) is 0 Å². The van der Waals surface area contributed by atoms with Crippen molar-refractivity contribution in [1.29, 1.82) is 5.26 Å². The Morgan fingerprint density at radius 2 is 2.13 bits per heavy atom. The molecule has 0 radical (unpaired) electrons. The van der Waals surface area contributed by atoms with E-state index in [-0.39, 0.29) is 0 Å². The number of hydrogen-bond donors (Lipinski definition) is 0. The van der Waals surface area contributed by atoms with E-state index in [0.717, 1.165) is 41.4 Å². The van der Waals surface area contributed by atoms with Crippen molar-refractivity contribution in [3.05, 3.63) is 15.6 Å². The summed E-state index contributed by atoms with van der Waals surface area (Å²) in [7, 11) is 4.09. The Labute approximate surface area is 95.4 Å². The summed E-state index contributed by atoms with van der Waals surface area (Å²) in [5.74, 6) is 0. The second kappa shape index (κ2) is 5.84. The van der Waals surface area contributed by atoms with Gasteiger partial charge in [-0.15, -0.1) is 11.3 Å². The molecule has 0 unspecified atom stereocenters. The molecule has 0 amide bonds. The van der Waals surface area contributed by atoms with Gasteiger partial charge < -0.3 is 4.90 Å². The highest BCUT2D eigenvalue weighted by Gasteiger charge is 2.09. The van der Waals surface area contributed by atoms with Gasteiger partial charge in [0.15, 0.2) is 0 Å². The van der Waals surface area contributed by atoms with Gasteiger partial charge in [-0.2, -0.15) is 5.26 Å². The fourth-order valence-corrected chi connectivity index (χ4v) is 2.22. The third-order valence-electron chi connectivity index (χ3n) is 2.10. The highest BCUT2D eigenvalue weighted by atomic mass is 32.1. The summed E-state index contributed by atoms with van der Waals surface area (Å²) >= 11 is 1.54. The smallest absolute Gasteiger partial charge is 0.128 e. The molecule has 82 valence electrons. The summed E-state index contributed by atoms with van der Waals surface area (Å²) in [4.78, 5) is 7.44. The van der Waals surface area contributed by atoms with Crippen LogP contribution in [0.25, 0.3) is 0 Å². The fourth-order valence-electron chi connectivity index (χ4n) is 1.32. The van der Waals surface area contributed by atoms with Crippen LogP contribution in [-0.2, 0) is 12.8 Å². The number of thiazole rings is 1. The lowest BCUT2D eigenvalue weighted by Crippen LogP contribution is -2.14. The van der Waals surface area contributed by atoms with Crippen molar-refractivity contribution in [3.8, 4) is 6.07 Å². The first-order valence-electron chi connectivity index (χ1n) is 5.20. The van der Waals surface area contributed by atoms with Crippen molar-refractivity contribution in [2.75, 3.05) is 20.6 Å². The largest absolute Gasteiger partial charge is 0.309 e. The van der Waals surface area contributed by atoms with Gasteiger partial charge in [-0.25, -0.2) is 4.98 Å². The number of hydrogen-bond acceptors (Lipinski definition) is 4. The molecule has 1 heterocycles. The molecular formula is C11H17N3S. The van der Waals surface area contributed by atoms with Crippen LogP contribution in [0.15, 0.2) is 0 Å². The number of rotatable bonds is 5. The zero-order chi connectivity index (χ0) is 11.3. The maximum absolute atomic E-state index is 8.95. The minimum absolute atomic E-state index is 0.797. The number of nitrogens with zero attached hydrogens (tertiary/aromatic N) is 3. The van der Waals surface area contributed by atoms with E-state index in [1.54, 1.807) is 11.3 Å².